The lowest BCUT2D eigenvalue weighted by Crippen LogP contribution is -2.30. The van der Waals surface area contributed by atoms with Gasteiger partial charge in [-0.05, 0) is 30.3 Å². The maximum Gasteiger partial charge on any atom is 0.107 e. The van der Waals surface area contributed by atoms with Crippen molar-refractivity contribution in [3.05, 3.63) is 59.1 Å². The van der Waals surface area contributed by atoms with Crippen LogP contribution in [0.5, 0.6) is 0 Å². The van der Waals surface area contributed by atoms with E-state index in [0.29, 0.717) is 0 Å². The number of hydrogen-bond acceptors (Lipinski definition) is 3. The van der Waals surface area contributed by atoms with Crippen LogP contribution in [0.15, 0.2) is 59.1 Å². The van der Waals surface area contributed by atoms with Gasteiger partial charge in [0.1, 0.15) is 6.67 Å². The van der Waals surface area contributed by atoms with Gasteiger partial charge in [-0.2, -0.15) is 0 Å². The Morgan fingerprint density at radius 2 is 1.72 bits per heavy atom. The highest BCUT2D eigenvalue weighted by atomic mass is 79.9. The summed E-state index contributed by atoms with van der Waals surface area (Å²) in [6.45, 7) is 1.68. The lowest BCUT2D eigenvalue weighted by Gasteiger charge is -2.19. The van der Waals surface area contributed by atoms with Crippen molar-refractivity contribution in [1.82, 2.24) is 5.43 Å². The van der Waals surface area contributed by atoms with E-state index >= 15 is 0 Å². The molecule has 0 amide bonds. The number of halogens is 1. The zero-order valence-electron chi connectivity index (χ0n) is 9.88. The Hall–Kier alpha value is -1.52. The summed E-state index contributed by atoms with van der Waals surface area (Å²) in [5, 5.41) is 2.15. The van der Waals surface area contributed by atoms with E-state index in [-0.39, 0.29) is 0 Å². The Morgan fingerprint density at radius 1 is 0.944 bits per heavy atom. The van der Waals surface area contributed by atoms with Crippen molar-refractivity contribution >= 4 is 27.3 Å². The molecule has 1 N–H and O–H groups in total. The van der Waals surface area contributed by atoms with E-state index in [1.54, 1.807) is 0 Å². The van der Waals surface area contributed by atoms with E-state index in [1.165, 1.54) is 11.4 Å². The molecule has 2 aromatic carbocycles. The zero-order chi connectivity index (χ0) is 12.4. The largest absolute Gasteiger partial charge is 0.338 e. The second-order valence-electron chi connectivity index (χ2n) is 4.24. The van der Waals surface area contributed by atoms with E-state index in [0.717, 1.165) is 17.8 Å². The molecular formula is C14H14BrN3. The summed E-state index contributed by atoms with van der Waals surface area (Å²) in [6, 6.07) is 18.7. The van der Waals surface area contributed by atoms with E-state index in [4.69, 9.17) is 0 Å². The van der Waals surface area contributed by atoms with Crippen LogP contribution < -0.4 is 15.3 Å². The van der Waals surface area contributed by atoms with E-state index in [1.807, 2.05) is 18.2 Å². The van der Waals surface area contributed by atoms with Gasteiger partial charge >= 0.3 is 0 Å². The Labute approximate surface area is 115 Å². The lowest BCUT2D eigenvalue weighted by molar-refractivity contribution is 0.787. The summed E-state index contributed by atoms with van der Waals surface area (Å²) in [6.07, 6.45) is 0. The Kier molecular flexibility index (Phi) is 3.21. The van der Waals surface area contributed by atoms with Crippen LogP contribution in [0.25, 0.3) is 0 Å². The van der Waals surface area contributed by atoms with Gasteiger partial charge in [0.25, 0.3) is 0 Å². The van der Waals surface area contributed by atoms with E-state index in [2.05, 4.69) is 67.7 Å². The summed E-state index contributed by atoms with van der Waals surface area (Å²) < 4.78 is 1.10. The van der Waals surface area contributed by atoms with Crippen molar-refractivity contribution < 1.29 is 0 Å². The minimum absolute atomic E-state index is 0.830. The SMILES string of the molecule is Brc1cccc(N2CN(c3ccccc3)CN2)c1. The number of hydrazine groups is 1. The third-order valence-corrected chi connectivity index (χ3v) is 3.50. The van der Waals surface area contributed by atoms with Crippen LogP contribution in [0.3, 0.4) is 0 Å². The standard InChI is InChI=1S/C14H14BrN3/c15-12-5-4-8-14(9-12)18-11-17(10-16-18)13-6-2-1-3-7-13/h1-9,16H,10-11H2. The molecule has 0 radical (unpaired) electrons. The molecule has 1 heterocycles. The number of hydrogen-bond donors (Lipinski definition) is 1. The van der Waals surface area contributed by atoms with Crippen molar-refractivity contribution in [2.24, 2.45) is 0 Å². The topological polar surface area (TPSA) is 18.5 Å². The summed E-state index contributed by atoms with van der Waals surface area (Å²) in [4.78, 5) is 2.29. The van der Waals surface area contributed by atoms with Crippen LogP contribution in [-0.2, 0) is 0 Å². The maximum absolute atomic E-state index is 3.50. The molecule has 3 rings (SSSR count). The Bertz CT molecular complexity index is 530. The van der Waals surface area contributed by atoms with Crippen LogP contribution in [0.1, 0.15) is 0 Å². The van der Waals surface area contributed by atoms with Crippen LogP contribution in [-0.4, -0.2) is 13.3 Å². The summed E-state index contributed by atoms with van der Waals surface area (Å²) in [7, 11) is 0. The van der Waals surface area contributed by atoms with Crippen molar-refractivity contribution in [2.75, 3.05) is 23.2 Å². The number of nitrogens with one attached hydrogen (secondary N) is 1. The van der Waals surface area contributed by atoms with Crippen LogP contribution in [0.2, 0.25) is 0 Å². The molecule has 0 spiro atoms. The monoisotopic (exact) mass is 303 g/mol. The molecular weight excluding hydrogens is 290 g/mol. The Balaban J connectivity index is 1.76. The van der Waals surface area contributed by atoms with Gasteiger partial charge in [-0.1, -0.05) is 40.2 Å². The van der Waals surface area contributed by atoms with Gasteiger partial charge in [0, 0.05) is 10.2 Å². The fourth-order valence-corrected chi connectivity index (χ4v) is 2.46. The van der Waals surface area contributed by atoms with Gasteiger partial charge in [-0.3, -0.25) is 5.01 Å². The molecule has 1 aliphatic rings. The van der Waals surface area contributed by atoms with Gasteiger partial charge in [0.15, 0.2) is 0 Å². The zero-order valence-corrected chi connectivity index (χ0v) is 11.5. The van der Waals surface area contributed by atoms with Crippen LogP contribution in [0.4, 0.5) is 11.4 Å². The summed E-state index contributed by atoms with van der Waals surface area (Å²) in [5.74, 6) is 0. The van der Waals surface area contributed by atoms with Gasteiger partial charge in [0.05, 0.1) is 12.4 Å². The molecule has 3 nitrogen and oxygen atoms in total. The minimum atomic E-state index is 0.830. The van der Waals surface area contributed by atoms with Crippen molar-refractivity contribution in [3.8, 4) is 0 Å². The van der Waals surface area contributed by atoms with Gasteiger partial charge in [0.2, 0.25) is 0 Å². The average molecular weight is 304 g/mol. The predicted octanol–water partition coefficient (Wildman–Crippen LogP) is 3.20. The molecule has 18 heavy (non-hydrogen) atoms. The second kappa shape index (κ2) is 5.00. The van der Waals surface area contributed by atoms with E-state index < -0.39 is 0 Å². The fourth-order valence-electron chi connectivity index (χ4n) is 2.07. The molecule has 4 heteroatoms. The van der Waals surface area contributed by atoms with Crippen molar-refractivity contribution in [1.29, 1.82) is 0 Å². The number of rotatable bonds is 2. The lowest BCUT2D eigenvalue weighted by atomic mass is 10.3. The highest BCUT2D eigenvalue weighted by Crippen LogP contribution is 2.23. The molecule has 1 saturated heterocycles. The molecule has 2 aromatic rings. The van der Waals surface area contributed by atoms with Crippen LogP contribution >= 0.6 is 15.9 Å². The summed E-state index contributed by atoms with van der Waals surface area (Å²) in [5.41, 5.74) is 5.79. The number of anilines is 2. The maximum atomic E-state index is 3.50. The minimum Gasteiger partial charge on any atom is -0.338 e. The number of para-hydroxylation sites is 1. The Morgan fingerprint density at radius 3 is 2.50 bits per heavy atom. The third kappa shape index (κ3) is 2.35. The molecule has 0 aromatic heterocycles. The fraction of sp³-hybridized carbons (Fsp3) is 0.143. The van der Waals surface area contributed by atoms with Crippen molar-refractivity contribution in [3.63, 3.8) is 0 Å². The smallest absolute Gasteiger partial charge is 0.107 e. The molecule has 0 atom stereocenters. The number of benzene rings is 2. The van der Waals surface area contributed by atoms with E-state index in [9.17, 15) is 0 Å². The van der Waals surface area contributed by atoms with Gasteiger partial charge in [-0.25, -0.2) is 5.43 Å². The first kappa shape index (κ1) is 11.6. The third-order valence-electron chi connectivity index (χ3n) is 3.01. The summed E-state index contributed by atoms with van der Waals surface area (Å²) >= 11 is 3.50. The van der Waals surface area contributed by atoms with Crippen molar-refractivity contribution in [2.45, 2.75) is 0 Å². The molecule has 92 valence electrons. The molecule has 1 fully saturated rings. The molecule has 0 unspecified atom stereocenters. The average Bonchev–Trinajstić information content (AvgIpc) is 2.89. The first-order valence-electron chi connectivity index (χ1n) is 5.89. The second-order valence-corrected chi connectivity index (χ2v) is 5.16. The predicted molar refractivity (Wildman–Crippen MR) is 78.4 cm³/mol. The normalized spacial score (nSPS) is 15.2. The number of nitrogens with zero attached hydrogens (tertiary/aromatic N) is 2. The molecule has 0 saturated carbocycles. The first-order valence-corrected chi connectivity index (χ1v) is 6.69. The van der Waals surface area contributed by atoms with Crippen LogP contribution in [0, 0.1) is 0 Å². The molecule has 1 aliphatic heterocycles. The van der Waals surface area contributed by atoms with Gasteiger partial charge in [-0.15, -0.1) is 0 Å². The van der Waals surface area contributed by atoms with Gasteiger partial charge < -0.3 is 4.90 Å². The quantitative estimate of drug-likeness (QED) is 0.919. The molecule has 0 aliphatic carbocycles. The highest BCUT2D eigenvalue weighted by molar-refractivity contribution is 9.10. The molecule has 0 bridgehead atoms. The highest BCUT2D eigenvalue weighted by Gasteiger charge is 2.19. The first-order chi connectivity index (χ1) is 8.83.